The lowest BCUT2D eigenvalue weighted by Crippen LogP contribution is -2.27. The van der Waals surface area contributed by atoms with Crippen LogP contribution in [0.25, 0.3) is 0 Å². The minimum Gasteiger partial charge on any atom is -0.350 e. The lowest BCUT2D eigenvalue weighted by molar-refractivity contribution is 0.0945. The summed E-state index contributed by atoms with van der Waals surface area (Å²) < 4.78 is 17.0. The van der Waals surface area contributed by atoms with E-state index in [2.05, 4.69) is 5.32 Å². The molecule has 1 unspecified atom stereocenters. The van der Waals surface area contributed by atoms with Crippen LogP contribution in [-0.2, 0) is 15.5 Å². The van der Waals surface area contributed by atoms with Gasteiger partial charge in [-0.3, -0.25) is 9.36 Å². The van der Waals surface area contributed by atoms with Gasteiger partial charge in [0.1, 0.15) is 0 Å². The zero-order valence-corrected chi connectivity index (χ0v) is 15.2. The Balaban J connectivity index is 1.65. The van der Waals surface area contributed by atoms with Gasteiger partial charge in [0.05, 0.1) is 12.8 Å². The highest BCUT2D eigenvalue weighted by Gasteiger charge is 2.18. The molecule has 25 heavy (non-hydrogen) atoms. The molecule has 1 atom stereocenters. The lowest BCUT2D eigenvalue weighted by atomic mass is 10.1. The van der Waals surface area contributed by atoms with E-state index >= 15 is 0 Å². The van der Waals surface area contributed by atoms with Crippen molar-refractivity contribution in [3.63, 3.8) is 0 Å². The van der Waals surface area contributed by atoms with E-state index in [-0.39, 0.29) is 25.2 Å². The summed E-state index contributed by atoms with van der Waals surface area (Å²) >= 11 is 0. The number of carbonyl (C=O) groups is 1. The van der Waals surface area contributed by atoms with Crippen molar-refractivity contribution >= 4 is 13.5 Å². The minimum atomic E-state index is -3.62. The maximum atomic E-state index is 12.0. The Labute approximate surface area is 148 Å². The smallest absolute Gasteiger partial charge is 0.328 e. The summed E-state index contributed by atoms with van der Waals surface area (Å²) in [4.78, 5) is 21.7. The van der Waals surface area contributed by atoms with Crippen LogP contribution in [0.1, 0.15) is 27.9 Å². The van der Waals surface area contributed by atoms with Crippen molar-refractivity contribution in [2.45, 2.75) is 19.8 Å². The van der Waals surface area contributed by atoms with Crippen LogP contribution in [0.4, 0.5) is 0 Å². The molecule has 2 rings (SSSR count). The van der Waals surface area contributed by atoms with Crippen molar-refractivity contribution in [1.82, 2.24) is 5.32 Å². The molecule has 1 amide bonds. The number of hydrogen-bond donors (Lipinski definition) is 2. The first-order valence-electron chi connectivity index (χ1n) is 8.31. The van der Waals surface area contributed by atoms with Gasteiger partial charge >= 0.3 is 7.60 Å². The quantitative estimate of drug-likeness (QED) is 0.529. The van der Waals surface area contributed by atoms with Crippen LogP contribution in [0.15, 0.2) is 54.6 Å². The summed E-state index contributed by atoms with van der Waals surface area (Å²) in [5.41, 5.74) is 2.77. The summed E-state index contributed by atoms with van der Waals surface area (Å²) in [5, 5.41) is 2.68. The number of carbonyl (C=O) groups excluding carboxylic acids is 1. The van der Waals surface area contributed by atoms with Crippen LogP contribution in [0.3, 0.4) is 0 Å². The second kappa shape index (κ2) is 9.52. The van der Waals surface area contributed by atoms with E-state index in [1.54, 1.807) is 12.1 Å². The second-order valence-corrected chi connectivity index (χ2v) is 7.89. The monoisotopic (exact) mass is 361 g/mol. The van der Waals surface area contributed by atoms with Gasteiger partial charge in [0.25, 0.3) is 5.91 Å². The van der Waals surface area contributed by atoms with Gasteiger partial charge < -0.3 is 14.7 Å². The fraction of sp³-hybridized carbons (Fsp3) is 0.316. The number of hydrogen-bond acceptors (Lipinski definition) is 3. The SMILES string of the molecule is Cc1ccc(C(=O)NCCOP(=O)(O)CCCc2ccccc2)cc1. The average molecular weight is 361 g/mol. The standard InChI is InChI=1S/C19H24NO4P/c1-16-9-11-18(12-10-16)19(21)20-13-14-24-25(22,23)15-5-8-17-6-3-2-4-7-17/h2-4,6-7,9-12H,5,8,13-15H2,1H3,(H,20,21)(H,22,23). The predicted octanol–water partition coefficient (Wildman–Crippen LogP) is 3.56. The highest BCUT2D eigenvalue weighted by molar-refractivity contribution is 7.52. The van der Waals surface area contributed by atoms with E-state index in [9.17, 15) is 14.3 Å². The van der Waals surface area contributed by atoms with Crippen LogP contribution in [0, 0.1) is 6.92 Å². The molecule has 0 aromatic heterocycles. The van der Waals surface area contributed by atoms with Crippen LogP contribution in [-0.4, -0.2) is 30.1 Å². The zero-order chi connectivity index (χ0) is 18.1. The maximum absolute atomic E-state index is 12.0. The Bertz CT molecular complexity index is 716. The van der Waals surface area contributed by atoms with E-state index in [0.717, 1.165) is 17.5 Å². The molecule has 0 radical (unpaired) electrons. The number of benzene rings is 2. The van der Waals surface area contributed by atoms with Crippen molar-refractivity contribution in [1.29, 1.82) is 0 Å². The van der Waals surface area contributed by atoms with Crippen LogP contribution in [0.5, 0.6) is 0 Å². The number of amides is 1. The molecular weight excluding hydrogens is 337 g/mol. The van der Waals surface area contributed by atoms with E-state index in [1.165, 1.54) is 0 Å². The second-order valence-electron chi connectivity index (χ2n) is 5.91. The van der Waals surface area contributed by atoms with Crippen molar-refractivity contribution in [3.05, 3.63) is 71.3 Å². The van der Waals surface area contributed by atoms with Gasteiger partial charge in [-0.15, -0.1) is 0 Å². The van der Waals surface area contributed by atoms with E-state index < -0.39 is 7.60 Å². The molecule has 2 aromatic rings. The first-order valence-corrected chi connectivity index (χ1v) is 10.1. The van der Waals surface area contributed by atoms with E-state index in [1.807, 2.05) is 49.4 Å². The molecule has 0 saturated heterocycles. The molecular formula is C19H24NO4P. The van der Waals surface area contributed by atoms with Gasteiger partial charge in [0.15, 0.2) is 0 Å². The molecule has 0 fully saturated rings. The fourth-order valence-corrected chi connectivity index (χ4v) is 3.42. The molecule has 0 spiro atoms. The highest BCUT2D eigenvalue weighted by atomic mass is 31.2. The molecule has 0 aliphatic rings. The van der Waals surface area contributed by atoms with Crippen molar-refractivity contribution in [3.8, 4) is 0 Å². The zero-order valence-electron chi connectivity index (χ0n) is 14.4. The average Bonchev–Trinajstić information content (AvgIpc) is 2.60. The molecule has 2 N–H and O–H groups in total. The molecule has 2 aromatic carbocycles. The minimum absolute atomic E-state index is 0.0106. The molecule has 0 bridgehead atoms. The van der Waals surface area contributed by atoms with E-state index in [0.29, 0.717) is 12.0 Å². The maximum Gasteiger partial charge on any atom is 0.328 e. The molecule has 5 nitrogen and oxygen atoms in total. The van der Waals surface area contributed by atoms with Gasteiger partial charge in [-0.05, 0) is 37.5 Å². The Morgan fingerprint density at radius 2 is 1.80 bits per heavy atom. The van der Waals surface area contributed by atoms with Crippen molar-refractivity contribution in [2.75, 3.05) is 19.3 Å². The summed E-state index contributed by atoms with van der Waals surface area (Å²) in [6.07, 6.45) is 1.42. The van der Waals surface area contributed by atoms with Gasteiger partial charge in [-0.2, -0.15) is 0 Å². The number of nitrogens with one attached hydrogen (secondary N) is 1. The summed E-state index contributed by atoms with van der Waals surface area (Å²) in [7, 11) is -3.62. The van der Waals surface area contributed by atoms with Crippen LogP contribution < -0.4 is 5.32 Å². The summed E-state index contributed by atoms with van der Waals surface area (Å²) in [5.74, 6) is -0.222. The number of rotatable bonds is 9. The Morgan fingerprint density at radius 3 is 2.48 bits per heavy atom. The van der Waals surface area contributed by atoms with Gasteiger partial charge in [-0.1, -0.05) is 48.0 Å². The molecule has 0 saturated carbocycles. The summed E-state index contributed by atoms with van der Waals surface area (Å²) in [6, 6.07) is 17.0. The third-order valence-electron chi connectivity index (χ3n) is 3.74. The largest absolute Gasteiger partial charge is 0.350 e. The molecule has 6 heteroatoms. The first-order chi connectivity index (χ1) is 12.0. The third kappa shape index (κ3) is 7.22. The predicted molar refractivity (Wildman–Crippen MR) is 98.9 cm³/mol. The lowest BCUT2D eigenvalue weighted by Gasteiger charge is -2.12. The fourth-order valence-electron chi connectivity index (χ4n) is 2.35. The third-order valence-corrected chi connectivity index (χ3v) is 5.21. The Morgan fingerprint density at radius 1 is 1.12 bits per heavy atom. The molecule has 134 valence electrons. The highest BCUT2D eigenvalue weighted by Crippen LogP contribution is 2.42. The Hall–Kier alpha value is -1.94. The van der Waals surface area contributed by atoms with Crippen LogP contribution in [0.2, 0.25) is 0 Å². The van der Waals surface area contributed by atoms with Gasteiger partial charge in [-0.25, -0.2) is 0 Å². The van der Waals surface area contributed by atoms with Crippen molar-refractivity contribution < 1.29 is 18.8 Å². The van der Waals surface area contributed by atoms with E-state index in [4.69, 9.17) is 4.52 Å². The van der Waals surface area contributed by atoms with Gasteiger partial charge in [0, 0.05) is 12.1 Å². The number of aryl methyl sites for hydroxylation is 2. The first kappa shape index (κ1) is 19.4. The van der Waals surface area contributed by atoms with Crippen molar-refractivity contribution in [2.24, 2.45) is 0 Å². The topological polar surface area (TPSA) is 75.6 Å². The van der Waals surface area contributed by atoms with Gasteiger partial charge in [0.2, 0.25) is 0 Å². The molecule has 0 aliphatic carbocycles. The molecule has 0 aliphatic heterocycles. The molecule has 0 heterocycles. The Kier molecular flexibility index (Phi) is 7.38. The summed E-state index contributed by atoms with van der Waals surface area (Å²) in [6.45, 7) is 2.15. The van der Waals surface area contributed by atoms with Crippen LogP contribution >= 0.6 is 7.60 Å². The normalized spacial score (nSPS) is 13.2.